The molecule has 0 spiro atoms. The molecule has 1 aliphatic rings. The van der Waals surface area contributed by atoms with E-state index in [1.807, 2.05) is 6.20 Å². The zero-order valence-electron chi connectivity index (χ0n) is 12.4. The number of benzene rings is 1. The SMILES string of the molecule is COCc1cc(N2CCN(c3ccccc3)CC2)ccn1. The van der Waals surface area contributed by atoms with Gasteiger partial charge in [0.15, 0.2) is 0 Å². The normalized spacial score (nSPS) is 15.3. The molecule has 1 aromatic heterocycles. The van der Waals surface area contributed by atoms with Crippen molar-refractivity contribution in [2.24, 2.45) is 0 Å². The van der Waals surface area contributed by atoms with Gasteiger partial charge in [-0.2, -0.15) is 0 Å². The summed E-state index contributed by atoms with van der Waals surface area (Å²) in [5.41, 5.74) is 3.54. The third-order valence-corrected chi connectivity index (χ3v) is 3.86. The zero-order valence-corrected chi connectivity index (χ0v) is 12.4. The van der Waals surface area contributed by atoms with Gasteiger partial charge in [-0.15, -0.1) is 0 Å². The summed E-state index contributed by atoms with van der Waals surface area (Å²) >= 11 is 0. The number of aromatic nitrogens is 1. The van der Waals surface area contributed by atoms with E-state index in [4.69, 9.17) is 4.74 Å². The lowest BCUT2D eigenvalue weighted by Crippen LogP contribution is -2.46. The van der Waals surface area contributed by atoms with Crippen LogP contribution in [0.2, 0.25) is 0 Å². The molecule has 1 aromatic carbocycles. The van der Waals surface area contributed by atoms with Crippen molar-refractivity contribution in [2.45, 2.75) is 6.61 Å². The maximum atomic E-state index is 5.16. The standard InChI is InChI=1S/C17H21N3O/c1-21-14-15-13-17(7-8-18-15)20-11-9-19(10-12-20)16-5-3-2-4-6-16/h2-8,13H,9-12,14H2,1H3. The number of rotatable bonds is 4. The summed E-state index contributed by atoms with van der Waals surface area (Å²) in [7, 11) is 1.70. The minimum Gasteiger partial charge on any atom is -0.378 e. The highest BCUT2D eigenvalue weighted by atomic mass is 16.5. The Kier molecular flexibility index (Phi) is 4.36. The smallest absolute Gasteiger partial charge is 0.0884 e. The van der Waals surface area contributed by atoms with Crippen LogP contribution in [-0.2, 0) is 11.3 Å². The second kappa shape index (κ2) is 6.59. The monoisotopic (exact) mass is 283 g/mol. The molecule has 110 valence electrons. The highest BCUT2D eigenvalue weighted by Gasteiger charge is 2.17. The molecule has 0 unspecified atom stereocenters. The number of hydrogen-bond donors (Lipinski definition) is 0. The average Bonchev–Trinajstić information content (AvgIpc) is 2.56. The number of hydrogen-bond acceptors (Lipinski definition) is 4. The van der Waals surface area contributed by atoms with Crippen LogP contribution in [-0.4, -0.2) is 38.3 Å². The number of nitrogens with zero attached hydrogens (tertiary/aromatic N) is 3. The van der Waals surface area contributed by atoms with E-state index < -0.39 is 0 Å². The minimum atomic E-state index is 0.567. The molecule has 0 N–H and O–H groups in total. The second-order valence-corrected chi connectivity index (χ2v) is 5.25. The first-order valence-electron chi connectivity index (χ1n) is 7.35. The number of anilines is 2. The van der Waals surface area contributed by atoms with Gasteiger partial charge in [-0.1, -0.05) is 18.2 Å². The molecular formula is C17H21N3O. The number of ether oxygens (including phenoxy) is 1. The van der Waals surface area contributed by atoms with Crippen molar-refractivity contribution >= 4 is 11.4 Å². The predicted octanol–water partition coefficient (Wildman–Crippen LogP) is 2.55. The Bertz CT molecular complexity index is 565. The molecule has 4 heteroatoms. The van der Waals surface area contributed by atoms with Crippen molar-refractivity contribution in [3.05, 3.63) is 54.4 Å². The molecule has 1 aliphatic heterocycles. The maximum Gasteiger partial charge on any atom is 0.0884 e. The van der Waals surface area contributed by atoms with Gasteiger partial charge in [0, 0.05) is 50.9 Å². The summed E-state index contributed by atoms with van der Waals surface area (Å²) in [6, 6.07) is 14.8. The van der Waals surface area contributed by atoms with Gasteiger partial charge >= 0.3 is 0 Å². The fourth-order valence-electron chi connectivity index (χ4n) is 2.75. The van der Waals surface area contributed by atoms with Crippen LogP contribution in [0.4, 0.5) is 11.4 Å². The van der Waals surface area contributed by atoms with E-state index in [1.54, 1.807) is 7.11 Å². The van der Waals surface area contributed by atoms with Crippen molar-refractivity contribution < 1.29 is 4.74 Å². The molecule has 0 atom stereocenters. The quantitative estimate of drug-likeness (QED) is 0.862. The lowest BCUT2D eigenvalue weighted by molar-refractivity contribution is 0.181. The van der Waals surface area contributed by atoms with Gasteiger partial charge in [-0.3, -0.25) is 4.98 Å². The average molecular weight is 283 g/mol. The van der Waals surface area contributed by atoms with Gasteiger partial charge in [-0.25, -0.2) is 0 Å². The van der Waals surface area contributed by atoms with Crippen LogP contribution in [0.3, 0.4) is 0 Å². The molecule has 0 aliphatic carbocycles. The lowest BCUT2D eigenvalue weighted by Gasteiger charge is -2.37. The molecule has 1 fully saturated rings. The summed E-state index contributed by atoms with van der Waals surface area (Å²) in [4.78, 5) is 9.18. The van der Waals surface area contributed by atoms with Gasteiger partial charge in [0.1, 0.15) is 0 Å². The van der Waals surface area contributed by atoms with Gasteiger partial charge < -0.3 is 14.5 Å². The molecule has 4 nitrogen and oxygen atoms in total. The molecule has 21 heavy (non-hydrogen) atoms. The predicted molar refractivity (Wildman–Crippen MR) is 85.8 cm³/mol. The van der Waals surface area contributed by atoms with Crippen molar-refractivity contribution in [1.29, 1.82) is 0 Å². The Labute approximate surface area is 126 Å². The van der Waals surface area contributed by atoms with E-state index in [0.29, 0.717) is 6.61 Å². The van der Waals surface area contributed by atoms with E-state index in [1.165, 1.54) is 11.4 Å². The molecule has 0 amide bonds. The van der Waals surface area contributed by atoms with Crippen LogP contribution < -0.4 is 9.80 Å². The van der Waals surface area contributed by atoms with E-state index >= 15 is 0 Å². The third kappa shape index (κ3) is 3.34. The van der Waals surface area contributed by atoms with Gasteiger partial charge in [-0.05, 0) is 24.3 Å². The van der Waals surface area contributed by atoms with E-state index in [-0.39, 0.29) is 0 Å². The van der Waals surface area contributed by atoms with Crippen LogP contribution in [0.1, 0.15) is 5.69 Å². The second-order valence-electron chi connectivity index (χ2n) is 5.25. The Hall–Kier alpha value is -2.07. The van der Waals surface area contributed by atoms with Gasteiger partial charge in [0.2, 0.25) is 0 Å². The number of piperazine rings is 1. The maximum absolute atomic E-state index is 5.16. The Balaban J connectivity index is 1.64. The van der Waals surface area contributed by atoms with Crippen LogP contribution in [0, 0.1) is 0 Å². The largest absolute Gasteiger partial charge is 0.378 e. The zero-order chi connectivity index (χ0) is 14.5. The lowest BCUT2D eigenvalue weighted by atomic mass is 10.2. The topological polar surface area (TPSA) is 28.6 Å². The Morgan fingerprint density at radius 2 is 1.62 bits per heavy atom. The summed E-state index contributed by atoms with van der Waals surface area (Å²) in [6.07, 6.45) is 1.87. The highest BCUT2D eigenvalue weighted by Crippen LogP contribution is 2.20. The first-order valence-corrected chi connectivity index (χ1v) is 7.35. The van der Waals surface area contributed by atoms with E-state index in [2.05, 4.69) is 57.2 Å². The summed E-state index contributed by atoms with van der Waals surface area (Å²) < 4.78 is 5.16. The molecular weight excluding hydrogens is 262 g/mol. The van der Waals surface area contributed by atoms with E-state index in [9.17, 15) is 0 Å². The van der Waals surface area contributed by atoms with Crippen molar-refractivity contribution in [3.63, 3.8) is 0 Å². The number of methoxy groups -OCH3 is 1. The van der Waals surface area contributed by atoms with Gasteiger partial charge in [0.25, 0.3) is 0 Å². The highest BCUT2D eigenvalue weighted by molar-refractivity contribution is 5.51. The molecule has 0 bridgehead atoms. The summed E-state index contributed by atoms with van der Waals surface area (Å²) in [5, 5.41) is 0. The minimum absolute atomic E-state index is 0.567. The molecule has 1 saturated heterocycles. The third-order valence-electron chi connectivity index (χ3n) is 3.86. The Morgan fingerprint density at radius 1 is 0.952 bits per heavy atom. The van der Waals surface area contributed by atoms with Crippen LogP contribution >= 0.6 is 0 Å². The van der Waals surface area contributed by atoms with Crippen molar-refractivity contribution in [2.75, 3.05) is 43.1 Å². The van der Waals surface area contributed by atoms with Crippen molar-refractivity contribution in [1.82, 2.24) is 4.98 Å². The molecule has 3 rings (SSSR count). The summed E-state index contributed by atoms with van der Waals surface area (Å²) in [6.45, 7) is 4.73. The Morgan fingerprint density at radius 3 is 2.29 bits per heavy atom. The van der Waals surface area contributed by atoms with Crippen LogP contribution in [0.25, 0.3) is 0 Å². The van der Waals surface area contributed by atoms with Crippen LogP contribution in [0.15, 0.2) is 48.7 Å². The van der Waals surface area contributed by atoms with Gasteiger partial charge in [0.05, 0.1) is 12.3 Å². The number of para-hydroxylation sites is 1. The van der Waals surface area contributed by atoms with Crippen molar-refractivity contribution in [3.8, 4) is 0 Å². The van der Waals surface area contributed by atoms with E-state index in [0.717, 1.165) is 31.9 Å². The molecule has 2 aromatic rings. The molecule has 0 saturated carbocycles. The molecule has 0 radical (unpaired) electrons. The summed E-state index contributed by atoms with van der Waals surface area (Å²) in [5.74, 6) is 0. The molecule has 2 heterocycles. The first-order chi connectivity index (χ1) is 10.4. The first kappa shape index (κ1) is 13.9. The fourth-order valence-corrected chi connectivity index (χ4v) is 2.75. The number of pyridine rings is 1. The van der Waals surface area contributed by atoms with Crippen LogP contribution in [0.5, 0.6) is 0 Å². The fraction of sp³-hybridized carbons (Fsp3) is 0.353.